The Kier molecular flexibility index (Phi) is 3.31. The Morgan fingerprint density at radius 2 is 1.96 bits per heavy atom. The minimum Gasteiger partial charge on any atom is -0.368 e. The molecule has 4 rings (SSSR count). The van der Waals surface area contributed by atoms with Crippen LogP contribution in [-0.4, -0.2) is 25.6 Å². The van der Waals surface area contributed by atoms with Gasteiger partial charge in [0, 0.05) is 18.0 Å². The molecule has 3 heterocycles. The molecule has 118 valence electrons. The van der Waals surface area contributed by atoms with Crippen LogP contribution in [-0.2, 0) is 0 Å². The van der Waals surface area contributed by atoms with Gasteiger partial charge in [-0.25, -0.2) is 19.3 Å². The van der Waals surface area contributed by atoms with Crippen molar-refractivity contribution in [3.63, 3.8) is 0 Å². The minimum absolute atomic E-state index is 0.137. The first-order chi connectivity index (χ1) is 11.7. The zero-order valence-electron chi connectivity index (χ0n) is 12.2. The maximum absolute atomic E-state index is 13.2. The van der Waals surface area contributed by atoms with Crippen molar-refractivity contribution in [3.8, 4) is 22.6 Å². The summed E-state index contributed by atoms with van der Waals surface area (Å²) >= 11 is 1.26. The van der Waals surface area contributed by atoms with Gasteiger partial charge in [0.1, 0.15) is 11.5 Å². The molecule has 4 aromatic rings. The fourth-order valence-corrected chi connectivity index (χ4v) is 3.27. The van der Waals surface area contributed by atoms with Gasteiger partial charge >= 0.3 is 0 Å². The van der Waals surface area contributed by atoms with Gasteiger partial charge in [-0.15, -0.1) is 0 Å². The normalized spacial score (nSPS) is 11.0. The number of benzene rings is 1. The van der Waals surface area contributed by atoms with E-state index in [9.17, 15) is 9.18 Å². The van der Waals surface area contributed by atoms with Crippen LogP contribution in [0.1, 0.15) is 9.67 Å². The highest BCUT2D eigenvalue weighted by molar-refractivity contribution is 7.18. The first kappa shape index (κ1) is 14.5. The Hall–Kier alpha value is -3.13. The van der Waals surface area contributed by atoms with Gasteiger partial charge in [0.2, 0.25) is 5.95 Å². The van der Waals surface area contributed by atoms with Crippen LogP contribution in [0.4, 0.5) is 10.3 Å². The molecule has 0 saturated carbocycles. The van der Waals surface area contributed by atoms with Crippen LogP contribution in [0.2, 0.25) is 0 Å². The predicted octanol–water partition coefficient (Wildman–Crippen LogP) is 3.05. The summed E-state index contributed by atoms with van der Waals surface area (Å²) in [5.41, 5.74) is 8.32. The third-order valence-corrected chi connectivity index (χ3v) is 4.40. The number of nitrogen functional groups attached to an aromatic ring is 1. The molecule has 0 aliphatic carbocycles. The molecule has 0 aliphatic heterocycles. The van der Waals surface area contributed by atoms with Crippen molar-refractivity contribution < 1.29 is 9.18 Å². The molecule has 6 nitrogen and oxygen atoms in total. The number of thiazole rings is 1. The number of halogens is 1. The Balaban J connectivity index is 2.02. The van der Waals surface area contributed by atoms with Crippen molar-refractivity contribution >= 4 is 28.5 Å². The minimum atomic E-state index is -0.323. The SMILES string of the molecule is Nc1nccc(-c2c(-c3ccc(F)cc3)nc3sc(C=O)cn23)n1. The van der Waals surface area contributed by atoms with Crippen molar-refractivity contribution in [2.75, 3.05) is 5.73 Å². The van der Waals surface area contributed by atoms with E-state index in [1.165, 1.54) is 23.5 Å². The van der Waals surface area contributed by atoms with Crippen LogP contribution in [0, 0.1) is 5.82 Å². The van der Waals surface area contributed by atoms with E-state index in [0.29, 0.717) is 26.9 Å². The number of imidazole rings is 1. The van der Waals surface area contributed by atoms with Gasteiger partial charge < -0.3 is 5.73 Å². The maximum Gasteiger partial charge on any atom is 0.220 e. The molecule has 0 atom stereocenters. The molecular weight excluding hydrogens is 329 g/mol. The lowest BCUT2D eigenvalue weighted by molar-refractivity contribution is 0.112. The summed E-state index contributed by atoms with van der Waals surface area (Å²) in [4.78, 5) is 25.0. The van der Waals surface area contributed by atoms with Gasteiger partial charge in [-0.1, -0.05) is 11.3 Å². The van der Waals surface area contributed by atoms with Crippen LogP contribution in [0.25, 0.3) is 27.6 Å². The molecule has 0 saturated heterocycles. The van der Waals surface area contributed by atoms with Crippen LogP contribution in [0.5, 0.6) is 0 Å². The molecule has 0 unspecified atom stereocenters. The fraction of sp³-hybridized carbons (Fsp3) is 0. The number of nitrogens with two attached hydrogens (primary N) is 1. The van der Waals surface area contributed by atoms with Gasteiger partial charge in [-0.05, 0) is 30.3 Å². The molecule has 3 aromatic heterocycles. The Morgan fingerprint density at radius 3 is 2.67 bits per heavy atom. The molecule has 0 bridgehead atoms. The maximum atomic E-state index is 13.2. The average Bonchev–Trinajstić information content (AvgIpc) is 3.12. The van der Waals surface area contributed by atoms with Crippen LogP contribution < -0.4 is 5.73 Å². The topological polar surface area (TPSA) is 86.2 Å². The Bertz CT molecular complexity index is 1050. The second-order valence-corrected chi connectivity index (χ2v) is 6.06. The smallest absolute Gasteiger partial charge is 0.220 e. The van der Waals surface area contributed by atoms with Crippen molar-refractivity contribution in [2.24, 2.45) is 0 Å². The Morgan fingerprint density at radius 1 is 1.17 bits per heavy atom. The second-order valence-electron chi connectivity index (χ2n) is 5.02. The van der Waals surface area contributed by atoms with Crippen molar-refractivity contribution in [2.45, 2.75) is 0 Å². The van der Waals surface area contributed by atoms with E-state index in [1.54, 1.807) is 35.0 Å². The third kappa shape index (κ3) is 2.33. The quantitative estimate of drug-likeness (QED) is 0.580. The van der Waals surface area contributed by atoms with Crippen molar-refractivity contribution in [3.05, 3.63) is 53.4 Å². The summed E-state index contributed by atoms with van der Waals surface area (Å²) in [7, 11) is 0. The van der Waals surface area contributed by atoms with E-state index < -0.39 is 0 Å². The van der Waals surface area contributed by atoms with Crippen molar-refractivity contribution in [1.29, 1.82) is 0 Å². The third-order valence-electron chi connectivity index (χ3n) is 3.49. The number of aldehydes is 1. The molecule has 8 heteroatoms. The number of anilines is 1. The first-order valence-corrected chi connectivity index (χ1v) is 7.79. The lowest BCUT2D eigenvalue weighted by Crippen LogP contribution is -1.97. The van der Waals surface area contributed by atoms with Gasteiger partial charge in [-0.2, -0.15) is 0 Å². The van der Waals surface area contributed by atoms with E-state index in [2.05, 4.69) is 15.0 Å². The van der Waals surface area contributed by atoms with Gasteiger partial charge in [0.15, 0.2) is 11.2 Å². The lowest BCUT2D eigenvalue weighted by Gasteiger charge is -2.04. The zero-order chi connectivity index (χ0) is 16.7. The number of hydrogen-bond donors (Lipinski definition) is 1. The first-order valence-electron chi connectivity index (χ1n) is 6.97. The highest BCUT2D eigenvalue weighted by Crippen LogP contribution is 2.34. The molecular formula is C16H10FN5OS. The number of carbonyl (C=O) groups is 1. The highest BCUT2D eigenvalue weighted by atomic mass is 32.1. The molecule has 24 heavy (non-hydrogen) atoms. The molecule has 0 fully saturated rings. The van der Waals surface area contributed by atoms with Crippen LogP contribution in [0.15, 0.2) is 42.7 Å². The largest absolute Gasteiger partial charge is 0.368 e. The molecule has 2 N–H and O–H groups in total. The summed E-state index contributed by atoms with van der Waals surface area (Å²) < 4.78 is 15.0. The second kappa shape index (κ2) is 5.50. The van der Waals surface area contributed by atoms with E-state index in [-0.39, 0.29) is 11.8 Å². The van der Waals surface area contributed by atoms with Gasteiger partial charge in [-0.3, -0.25) is 9.20 Å². The number of carbonyl (C=O) groups excluding carboxylic acids is 1. The lowest BCUT2D eigenvalue weighted by atomic mass is 10.1. The number of rotatable bonds is 3. The number of aromatic nitrogens is 4. The summed E-state index contributed by atoms with van der Waals surface area (Å²) in [6, 6.07) is 7.76. The van der Waals surface area contributed by atoms with Crippen LogP contribution >= 0.6 is 11.3 Å². The van der Waals surface area contributed by atoms with Crippen LogP contribution in [0.3, 0.4) is 0 Å². The molecule has 0 radical (unpaired) electrons. The van der Waals surface area contributed by atoms with E-state index in [0.717, 1.165) is 11.8 Å². The predicted molar refractivity (Wildman–Crippen MR) is 89.3 cm³/mol. The highest BCUT2D eigenvalue weighted by Gasteiger charge is 2.19. The zero-order valence-corrected chi connectivity index (χ0v) is 13.0. The molecule has 1 aromatic carbocycles. The number of nitrogens with zero attached hydrogens (tertiary/aromatic N) is 4. The monoisotopic (exact) mass is 339 g/mol. The fourth-order valence-electron chi connectivity index (χ4n) is 2.48. The standard InChI is InChI=1S/C16H10FN5OS/c17-10-3-1-9(2-4-10)13-14(12-5-6-19-15(18)20-12)22-7-11(8-23)24-16(22)21-13/h1-8H,(H2,18,19,20). The van der Waals surface area contributed by atoms with E-state index >= 15 is 0 Å². The van der Waals surface area contributed by atoms with E-state index in [4.69, 9.17) is 5.73 Å². The summed E-state index contributed by atoms with van der Waals surface area (Å²) in [5.74, 6) is -0.186. The number of hydrogen-bond acceptors (Lipinski definition) is 6. The van der Waals surface area contributed by atoms with Gasteiger partial charge in [0.25, 0.3) is 0 Å². The summed E-state index contributed by atoms with van der Waals surface area (Å²) in [5, 5.41) is 0. The van der Waals surface area contributed by atoms with E-state index in [1.807, 2.05) is 0 Å². The van der Waals surface area contributed by atoms with Gasteiger partial charge in [0.05, 0.1) is 16.3 Å². The molecule has 0 aliphatic rings. The Labute approximate surface area is 139 Å². The average molecular weight is 339 g/mol. The summed E-state index contributed by atoms with van der Waals surface area (Å²) in [6.45, 7) is 0. The molecule has 0 amide bonds. The molecule has 0 spiro atoms. The summed E-state index contributed by atoms with van der Waals surface area (Å²) in [6.07, 6.45) is 4.02. The number of fused-ring (bicyclic) bond motifs is 1. The van der Waals surface area contributed by atoms with Crippen molar-refractivity contribution in [1.82, 2.24) is 19.4 Å².